The maximum Gasteiger partial charge on any atom is 0.410 e. The molecule has 23 heavy (non-hydrogen) atoms. The number of aliphatic hydroxyl groups is 1. The number of carbonyl (C=O) groups excluding carboxylic acids is 1. The number of carbonyl (C=O) groups is 1. The van der Waals surface area contributed by atoms with Crippen molar-refractivity contribution < 1.29 is 14.6 Å². The van der Waals surface area contributed by atoms with Crippen LogP contribution < -0.4 is 0 Å². The predicted molar refractivity (Wildman–Crippen MR) is 91.5 cm³/mol. The largest absolute Gasteiger partial charge is 0.444 e. The number of rotatable bonds is 2. The van der Waals surface area contributed by atoms with Gasteiger partial charge in [0.15, 0.2) is 0 Å². The molecule has 1 aromatic rings. The second-order valence-corrected chi connectivity index (χ2v) is 7.67. The van der Waals surface area contributed by atoms with Crippen LogP contribution in [-0.4, -0.2) is 40.9 Å². The van der Waals surface area contributed by atoms with E-state index in [1.54, 1.807) is 4.90 Å². The summed E-state index contributed by atoms with van der Waals surface area (Å²) >= 11 is 0. The van der Waals surface area contributed by atoms with Crippen molar-refractivity contribution in [2.24, 2.45) is 5.92 Å². The highest BCUT2D eigenvalue weighted by atomic mass is 16.6. The van der Waals surface area contributed by atoms with Crippen LogP contribution in [0.25, 0.3) is 0 Å². The number of hydrogen-bond donors (Lipinski definition) is 1. The number of amides is 1. The number of nitrogens with zero attached hydrogens (tertiary/aromatic N) is 1. The monoisotopic (exact) mass is 319 g/mol. The second-order valence-electron chi connectivity index (χ2n) is 7.67. The van der Waals surface area contributed by atoms with Gasteiger partial charge < -0.3 is 14.7 Å². The maximum atomic E-state index is 12.2. The first-order valence-corrected chi connectivity index (χ1v) is 8.38. The van der Waals surface area contributed by atoms with Crippen molar-refractivity contribution in [2.75, 3.05) is 13.1 Å². The van der Waals surface area contributed by atoms with Crippen LogP contribution in [0.15, 0.2) is 18.2 Å². The zero-order chi connectivity index (χ0) is 17.2. The molecule has 0 radical (unpaired) electrons. The minimum Gasteiger partial charge on any atom is -0.444 e. The van der Waals surface area contributed by atoms with Crippen LogP contribution in [0.3, 0.4) is 0 Å². The molecule has 1 amide bonds. The van der Waals surface area contributed by atoms with Gasteiger partial charge in [-0.2, -0.15) is 0 Å². The Balaban J connectivity index is 2.03. The summed E-state index contributed by atoms with van der Waals surface area (Å²) < 4.78 is 5.45. The van der Waals surface area contributed by atoms with Crippen LogP contribution in [0.2, 0.25) is 0 Å². The van der Waals surface area contributed by atoms with Gasteiger partial charge in [-0.3, -0.25) is 0 Å². The van der Waals surface area contributed by atoms with Gasteiger partial charge in [-0.25, -0.2) is 4.79 Å². The fourth-order valence-corrected chi connectivity index (χ4v) is 2.95. The average molecular weight is 319 g/mol. The third kappa shape index (κ3) is 4.96. The van der Waals surface area contributed by atoms with E-state index in [1.165, 1.54) is 16.7 Å². The highest BCUT2D eigenvalue weighted by molar-refractivity contribution is 5.68. The summed E-state index contributed by atoms with van der Waals surface area (Å²) in [5.41, 5.74) is 3.25. The normalized spacial score (nSPS) is 22.1. The van der Waals surface area contributed by atoms with Crippen molar-refractivity contribution in [2.45, 2.75) is 59.2 Å². The molecule has 128 valence electrons. The maximum absolute atomic E-state index is 12.2. The molecule has 1 heterocycles. The second kappa shape index (κ2) is 6.91. The van der Waals surface area contributed by atoms with Gasteiger partial charge in [-0.1, -0.05) is 18.2 Å². The molecular formula is C19H29NO3. The molecule has 0 bridgehead atoms. The van der Waals surface area contributed by atoms with Crippen LogP contribution >= 0.6 is 0 Å². The van der Waals surface area contributed by atoms with Crippen molar-refractivity contribution in [3.05, 3.63) is 34.9 Å². The highest BCUT2D eigenvalue weighted by Crippen LogP contribution is 2.24. The van der Waals surface area contributed by atoms with E-state index in [4.69, 9.17) is 4.74 Å². The van der Waals surface area contributed by atoms with Crippen molar-refractivity contribution >= 4 is 6.09 Å². The molecule has 0 saturated carbocycles. The number of aryl methyl sites for hydroxylation is 2. The van der Waals surface area contributed by atoms with Crippen molar-refractivity contribution in [1.82, 2.24) is 4.90 Å². The molecule has 1 fully saturated rings. The lowest BCUT2D eigenvalue weighted by molar-refractivity contribution is -0.00824. The molecule has 0 aliphatic carbocycles. The molecule has 0 spiro atoms. The van der Waals surface area contributed by atoms with Crippen LogP contribution in [0.1, 0.15) is 43.9 Å². The van der Waals surface area contributed by atoms with Crippen LogP contribution in [0, 0.1) is 19.8 Å². The molecule has 1 saturated heterocycles. The van der Waals surface area contributed by atoms with Crippen LogP contribution in [0.4, 0.5) is 4.79 Å². The van der Waals surface area contributed by atoms with E-state index in [9.17, 15) is 9.90 Å². The number of aliphatic hydroxyl groups excluding tert-OH is 1. The first-order valence-electron chi connectivity index (χ1n) is 8.38. The van der Waals surface area contributed by atoms with Crippen molar-refractivity contribution in [3.8, 4) is 0 Å². The topological polar surface area (TPSA) is 49.8 Å². The summed E-state index contributed by atoms with van der Waals surface area (Å²) in [6.45, 7) is 10.9. The van der Waals surface area contributed by atoms with Gasteiger partial charge in [0.25, 0.3) is 0 Å². The van der Waals surface area contributed by atoms with E-state index in [1.807, 2.05) is 20.8 Å². The quantitative estimate of drug-likeness (QED) is 0.908. The molecule has 2 atom stereocenters. The van der Waals surface area contributed by atoms with E-state index < -0.39 is 5.60 Å². The zero-order valence-corrected chi connectivity index (χ0v) is 14.9. The Morgan fingerprint density at radius 2 is 2.00 bits per heavy atom. The molecule has 4 nitrogen and oxygen atoms in total. The Labute approximate surface area is 139 Å². The van der Waals surface area contributed by atoms with E-state index >= 15 is 0 Å². The van der Waals surface area contributed by atoms with Gasteiger partial charge in [-0.15, -0.1) is 0 Å². The SMILES string of the molecule is Cc1ccc(CC2CN(C(=O)OC(C)(C)C)CCC2O)cc1C. The summed E-state index contributed by atoms with van der Waals surface area (Å²) in [5.74, 6) is 0.0541. The number of ether oxygens (including phenoxy) is 1. The third-order valence-corrected chi connectivity index (χ3v) is 4.41. The molecule has 0 aromatic heterocycles. The lowest BCUT2D eigenvalue weighted by Gasteiger charge is -2.37. The summed E-state index contributed by atoms with van der Waals surface area (Å²) in [4.78, 5) is 14.0. The van der Waals surface area contributed by atoms with Gasteiger partial charge >= 0.3 is 6.09 Å². The van der Waals surface area contributed by atoms with Gasteiger partial charge in [0.2, 0.25) is 0 Å². The minimum atomic E-state index is -0.489. The molecule has 4 heteroatoms. The Morgan fingerprint density at radius 3 is 2.61 bits per heavy atom. The number of piperidine rings is 1. The first-order chi connectivity index (χ1) is 10.7. The Kier molecular flexibility index (Phi) is 5.35. The number of likely N-dealkylation sites (tertiary alicyclic amines) is 1. The zero-order valence-electron chi connectivity index (χ0n) is 14.9. The van der Waals surface area contributed by atoms with E-state index in [0.29, 0.717) is 19.5 Å². The lowest BCUT2D eigenvalue weighted by Crippen LogP contribution is -2.48. The summed E-state index contributed by atoms with van der Waals surface area (Å²) in [6, 6.07) is 6.40. The van der Waals surface area contributed by atoms with Gasteiger partial charge in [0, 0.05) is 19.0 Å². The van der Waals surface area contributed by atoms with Gasteiger partial charge in [0.05, 0.1) is 6.10 Å². The number of hydrogen-bond acceptors (Lipinski definition) is 3. The summed E-state index contributed by atoms with van der Waals surface area (Å²) in [7, 11) is 0. The van der Waals surface area contributed by atoms with Crippen molar-refractivity contribution in [1.29, 1.82) is 0 Å². The molecular weight excluding hydrogens is 290 g/mol. The van der Waals surface area contributed by atoms with E-state index in [-0.39, 0.29) is 18.1 Å². The van der Waals surface area contributed by atoms with Crippen molar-refractivity contribution in [3.63, 3.8) is 0 Å². The molecule has 2 rings (SSSR count). The molecule has 2 unspecified atom stereocenters. The van der Waals surface area contributed by atoms with Crippen LogP contribution in [0.5, 0.6) is 0 Å². The summed E-state index contributed by atoms with van der Waals surface area (Å²) in [5, 5.41) is 10.3. The van der Waals surface area contributed by atoms with Gasteiger partial charge in [-0.05, 0) is 64.2 Å². The Hall–Kier alpha value is -1.55. The third-order valence-electron chi connectivity index (χ3n) is 4.41. The first kappa shape index (κ1) is 17.8. The highest BCUT2D eigenvalue weighted by Gasteiger charge is 2.32. The Bertz CT molecular complexity index is 562. The average Bonchev–Trinajstić information content (AvgIpc) is 2.43. The molecule has 1 aromatic carbocycles. The van der Waals surface area contributed by atoms with Crippen LogP contribution in [-0.2, 0) is 11.2 Å². The van der Waals surface area contributed by atoms with E-state index in [2.05, 4.69) is 32.0 Å². The fourth-order valence-electron chi connectivity index (χ4n) is 2.95. The predicted octanol–water partition coefficient (Wildman–Crippen LogP) is 3.46. The van der Waals surface area contributed by atoms with Gasteiger partial charge in [0.1, 0.15) is 5.60 Å². The Morgan fingerprint density at radius 1 is 1.30 bits per heavy atom. The minimum absolute atomic E-state index is 0.0541. The lowest BCUT2D eigenvalue weighted by atomic mass is 9.88. The summed E-state index contributed by atoms with van der Waals surface area (Å²) in [6.07, 6.45) is 0.737. The fraction of sp³-hybridized carbons (Fsp3) is 0.632. The molecule has 1 N–H and O–H groups in total. The smallest absolute Gasteiger partial charge is 0.410 e. The van der Waals surface area contributed by atoms with E-state index in [0.717, 1.165) is 6.42 Å². The molecule has 1 aliphatic rings. The number of benzene rings is 1. The molecule has 1 aliphatic heterocycles. The standard InChI is InChI=1S/C19H29NO3/c1-13-6-7-15(10-14(13)2)11-16-12-20(9-8-17(16)21)18(22)23-19(3,4)5/h6-7,10,16-17,21H,8-9,11-12H2,1-5H3.